The van der Waals surface area contributed by atoms with E-state index in [9.17, 15) is 4.39 Å². The Morgan fingerprint density at radius 2 is 2.28 bits per heavy atom. The van der Waals surface area contributed by atoms with E-state index in [0.717, 1.165) is 24.1 Å². The van der Waals surface area contributed by atoms with Crippen LogP contribution in [0.1, 0.15) is 24.5 Å². The van der Waals surface area contributed by atoms with Crippen LogP contribution >= 0.6 is 0 Å². The Balaban J connectivity index is 2.37. The van der Waals surface area contributed by atoms with Gasteiger partial charge in [0.15, 0.2) is 0 Å². The molecule has 1 unspecified atom stereocenters. The van der Waals surface area contributed by atoms with E-state index in [0.29, 0.717) is 6.42 Å². The fourth-order valence-electron chi connectivity index (χ4n) is 1.82. The van der Waals surface area contributed by atoms with Crippen LogP contribution in [0.2, 0.25) is 0 Å². The summed E-state index contributed by atoms with van der Waals surface area (Å²) in [5, 5.41) is 14.7. The van der Waals surface area contributed by atoms with Crippen LogP contribution in [0, 0.1) is 12.7 Å². The zero-order valence-electron chi connectivity index (χ0n) is 10.8. The van der Waals surface area contributed by atoms with Crippen molar-refractivity contribution in [2.24, 2.45) is 10.9 Å². The number of oxime groups is 1. The van der Waals surface area contributed by atoms with Crippen molar-refractivity contribution in [3.8, 4) is 0 Å². The van der Waals surface area contributed by atoms with Crippen molar-refractivity contribution in [3.63, 3.8) is 0 Å². The highest BCUT2D eigenvalue weighted by Gasteiger charge is 2.05. The Hall–Kier alpha value is -1.62. The summed E-state index contributed by atoms with van der Waals surface area (Å²) in [5.41, 5.74) is 7.50. The molecule has 5 heteroatoms. The molecule has 0 fully saturated rings. The summed E-state index contributed by atoms with van der Waals surface area (Å²) in [7, 11) is 0. The Labute approximate surface area is 107 Å². The van der Waals surface area contributed by atoms with E-state index in [2.05, 4.69) is 10.5 Å². The maximum atomic E-state index is 12.9. The minimum absolute atomic E-state index is 0.140. The molecule has 4 N–H and O–H groups in total. The third kappa shape index (κ3) is 4.71. The van der Waals surface area contributed by atoms with Crippen LogP contribution in [0.25, 0.3) is 0 Å². The van der Waals surface area contributed by atoms with Gasteiger partial charge >= 0.3 is 0 Å². The second-order valence-corrected chi connectivity index (χ2v) is 4.47. The van der Waals surface area contributed by atoms with Crippen molar-refractivity contribution in [3.05, 3.63) is 35.1 Å². The number of hydrogen-bond acceptors (Lipinski definition) is 3. The molecule has 100 valence electrons. The van der Waals surface area contributed by atoms with Gasteiger partial charge in [0.25, 0.3) is 0 Å². The Morgan fingerprint density at radius 1 is 1.56 bits per heavy atom. The average molecular weight is 253 g/mol. The van der Waals surface area contributed by atoms with E-state index in [1.807, 2.05) is 13.8 Å². The third-order valence-electron chi connectivity index (χ3n) is 2.84. The summed E-state index contributed by atoms with van der Waals surface area (Å²) in [6.07, 6.45) is 1.32. The highest BCUT2D eigenvalue weighted by Crippen LogP contribution is 2.10. The first-order valence-corrected chi connectivity index (χ1v) is 5.97. The molecule has 0 aliphatic carbocycles. The van der Waals surface area contributed by atoms with Gasteiger partial charge < -0.3 is 16.3 Å². The van der Waals surface area contributed by atoms with Crippen molar-refractivity contribution >= 4 is 5.84 Å². The zero-order chi connectivity index (χ0) is 13.5. The van der Waals surface area contributed by atoms with Crippen LogP contribution in [-0.2, 0) is 6.42 Å². The van der Waals surface area contributed by atoms with Gasteiger partial charge in [0.1, 0.15) is 11.7 Å². The maximum Gasteiger partial charge on any atom is 0.140 e. The first-order valence-electron chi connectivity index (χ1n) is 5.97. The molecule has 0 heterocycles. The molecule has 0 aliphatic rings. The van der Waals surface area contributed by atoms with Crippen molar-refractivity contribution in [1.29, 1.82) is 0 Å². The van der Waals surface area contributed by atoms with Crippen LogP contribution in [0.5, 0.6) is 0 Å². The average Bonchev–Trinajstić information content (AvgIpc) is 2.31. The number of nitrogens with two attached hydrogens (primary N) is 1. The lowest BCUT2D eigenvalue weighted by molar-refractivity contribution is 0.316. The molecule has 0 saturated carbocycles. The quantitative estimate of drug-likeness (QED) is 0.313. The van der Waals surface area contributed by atoms with Gasteiger partial charge in [-0.3, -0.25) is 0 Å². The predicted octanol–water partition coefficient (Wildman–Crippen LogP) is 1.79. The van der Waals surface area contributed by atoms with Crippen LogP contribution in [0.4, 0.5) is 4.39 Å². The molecule has 0 aromatic heterocycles. The van der Waals surface area contributed by atoms with E-state index >= 15 is 0 Å². The summed E-state index contributed by atoms with van der Waals surface area (Å²) >= 11 is 0. The van der Waals surface area contributed by atoms with Crippen LogP contribution in [-0.4, -0.2) is 23.6 Å². The van der Waals surface area contributed by atoms with Crippen molar-refractivity contribution in [2.45, 2.75) is 32.7 Å². The molecule has 4 nitrogen and oxygen atoms in total. The van der Waals surface area contributed by atoms with E-state index < -0.39 is 0 Å². The summed E-state index contributed by atoms with van der Waals surface area (Å²) in [5.74, 6) is 0.0115. The molecular formula is C13H20FN3O. The molecular weight excluding hydrogens is 233 g/mol. The second-order valence-electron chi connectivity index (χ2n) is 4.47. The van der Waals surface area contributed by atoms with Crippen molar-refractivity contribution in [2.75, 3.05) is 6.54 Å². The van der Waals surface area contributed by atoms with Gasteiger partial charge in [0, 0.05) is 12.5 Å². The summed E-state index contributed by atoms with van der Waals surface area (Å²) < 4.78 is 12.9. The predicted molar refractivity (Wildman–Crippen MR) is 70.3 cm³/mol. The van der Waals surface area contributed by atoms with E-state index in [-0.39, 0.29) is 17.7 Å². The van der Waals surface area contributed by atoms with E-state index in [1.165, 1.54) is 12.1 Å². The standard InChI is InChI=1S/C13H20FN3O/c1-9-7-12(14)4-3-11(9)5-6-16-10(2)8-13(15)17-18/h3-4,7,10,16,18H,5-6,8H2,1-2H3,(H2,15,17). The number of amidine groups is 1. The maximum absolute atomic E-state index is 12.9. The summed E-state index contributed by atoms with van der Waals surface area (Å²) in [4.78, 5) is 0. The number of nitrogens with zero attached hydrogens (tertiary/aromatic N) is 1. The zero-order valence-corrected chi connectivity index (χ0v) is 10.8. The molecule has 0 aliphatic heterocycles. The van der Waals surface area contributed by atoms with Crippen LogP contribution in [0.15, 0.2) is 23.4 Å². The second kappa shape index (κ2) is 6.96. The Kier molecular flexibility index (Phi) is 5.58. The van der Waals surface area contributed by atoms with Crippen LogP contribution < -0.4 is 11.1 Å². The van der Waals surface area contributed by atoms with Crippen molar-refractivity contribution in [1.82, 2.24) is 5.32 Å². The fraction of sp³-hybridized carbons (Fsp3) is 0.462. The molecule has 0 spiro atoms. The lowest BCUT2D eigenvalue weighted by Gasteiger charge is -2.13. The lowest BCUT2D eigenvalue weighted by Crippen LogP contribution is -2.32. The number of halogens is 1. The minimum Gasteiger partial charge on any atom is -0.409 e. The largest absolute Gasteiger partial charge is 0.409 e. The highest BCUT2D eigenvalue weighted by atomic mass is 19.1. The summed E-state index contributed by atoms with van der Waals surface area (Å²) in [6, 6.07) is 4.96. The SMILES string of the molecule is Cc1cc(F)ccc1CCNC(C)CC(N)=NO. The van der Waals surface area contributed by atoms with E-state index in [4.69, 9.17) is 10.9 Å². The number of nitrogens with one attached hydrogen (secondary N) is 1. The lowest BCUT2D eigenvalue weighted by atomic mass is 10.1. The van der Waals surface area contributed by atoms with Gasteiger partial charge in [-0.05, 0) is 50.1 Å². The van der Waals surface area contributed by atoms with Gasteiger partial charge in [-0.2, -0.15) is 0 Å². The normalized spacial score (nSPS) is 13.6. The number of hydrogen-bond donors (Lipinski definition) is 3. The molecule has 0 saturated heterocycles. The molecule has 18 heavy (non-hydrogen) atoms. The fourth-order valence-corrected chi connectivity index (χ4v) is 1.82. The molecule has 1 rings (SSSR count). The molecule has 1 aromatic rings. The first kappa shape index (κ1) is 14.4. The van der Waals surface area contributed by atoms with Gasteiger partial charge in [-0.25, -0.2) is 4.39 Å². The van der Waals surface area contributed by atoms with Gasteiger partial charge in [0.2, 0.25) is 0 Å². The topological polar surface area (TPSA) is 70.6 Å². The van der Waals surface area contributed by atoms with E-state index in [1.54, 1.807) is 6.07 Å². The molecule has 0 radical (unpaired) electrons. The number of rotatable bonds is 6. The Bertz CT molecular complexity index is 421. The first-order chi connectivity index (χ1) is 8.52. The minimum atomic E-state index is -0.204. The summed E-state index contributed by atoms with van der Waals surface area (Å²) in [6.45, 7) is 4.64. The molecule has 0 amide bonds. The third-order valence-corrected chi connectivity index (χ3v) is 2.84. The van der Waals surface area contributed by atoms with Gasteiger partial charge in [-0.15, -0.1) is 0 Å². The van der Waals surface area contributed by atoms with Gasteiger partial charge in [0.05, 0.1) is 0 Å². The highest BCUT2D eigenvalue weighted by molar-refractivity contribution is 5.80. The molecule has 1 atom stereocenters. The molecule has 1 aromatic carbocycles. The monoisotopic (exact) mass is 253 g/mol. The van der Waals surface area contributed by atoms with Crippen molar-refractivity contribution < 1.29 is 9.60 Å². The number of aryl methyl sites for hydroxylation is 1. The van der Waals surface area contributed by atoms with Crippen LogP contribution in [0.3, 0.4) is 0 Å². The Morgan fingerprint density at radius 3 is 2.89 bits per heavy atom. The smallest absolute Gasteiger partial charge is 0.140 e. The van der Waals surface area contributed by atoms with Gasteiger partial charge in [-0.1, -0.05) is 11.2 Å². The molecule has 0 bridgehead atoms. The number of benzene rings is 1.